The molecule has 0 N–H and O–H groups in total. The van der Waals surface area contributed by atoms with Gasteiger partial charge in [-0.05, 0) is 32.1 Å². The first kappa shape index (κ1) is 16.2. The van der Waals surface area contributed by atoms with Gasteiger partial charge in [0.1, 0.15) is 0 Å². The Morgan fingerprint density at radius 2 is 1.69 bits per heavy atom. The van der Waals surface area contributed by atoms with Gasteiger partial charge in [-0.1, -0.05) is 40.5 Å². The molecule has 1 unspecified atom stereocenters. The Morgan fingerprint density at radius 1 is 1.12 bits per heavy atom. The Balaban J connectivity index is 4.30. The largest absolute Gasteiger partial charge is 0.371 e. The van der Waals surface area contributed by atoms with Crippen LogP contribution in [0.1, 0.15) is 67.2 Å². The van der Waals surface area contributed by atoms with E-state index in [4.69, 9.17) is 16.3 Å². The molecule has 1 nitrogen and oxygen atoms in total. The molecule has 0 bridgehead atoms. The SMILES string of the molecule is CCCC(C)(C)OC(CCl)CC(C)(C)CC. The molecule has 0 heterocycles. The average Bonchev–Trinajstić information content (AvgIpc) is 2.16. The minimum atomic E-state index is -0.0435. The summed E-state index contributed by atoms with van der Waals surface area (Å²) in [5, 5.41) is 0. The maximum Gasteiger partial charge on any atom is 0.0722 e. The fourth-order valence-corrected chi connectivity index (χ4v) is 2.17. The summed E-state index contributed by atoms with van der Waals surface area (Å²) >= 11 is 6.01. The lowest BCUT2D eigenvalue weighted by atomic mass is 9.84. The third-order valence-electron chi connectivity index (χ3n) is 3.25. The van der Waals surface area contributed by atoms with E-state index in [0.717, 1.165) is 25.7 Å². The van der Waals surface area contributed by atoms with Crippen LogP contribution in [-0.4, -0.2) is 17.6 Å². The Bertz CT molecular complexity index is 187. The molecule has 0 aromatic heterocycles. The number of ether oxygens (including phenoxy) is 1. The van der Waals surface area contributed by atoms with Gasteiger partial charge < -0.3 is 4.74 Å². The molecule has 1 atom stereocenters. The molecule has 0 amide bonds. The van der Waals surface area contributed by atoms with Crippen molar-refractivity contribution >= 4 is 11.6 Å². The fraction of sp³-hybridized carbons (Fsp3) is 1.00. The smallest absolute Gasteiger partial charge is 0.0722 e. The Kier molecular flexibility index (Phi) is 6.96. The molecule has 2 heteroatoms. The van der Waals surface area contributed by atoms with Crippen molar-refractivity contribution in [1.29, 1.82) is 0 Å². The summed E-state index contributed by atoms with van der Waals surface area (Å²) in [6, 6.07) is 0. The zero-order chi connectivity index (χ0) is 12.8. The topological polar surface area (TPSA) is 9.23 Å². The lowest BCUT2D eigenvalue weighted by Gasteiger charge is -2.34. The highest BCUT2D eigenvalue weighted by molar-refractivity contribution is 6.18. The zero-order valence-electron chi connectivity index (χ0n) is 11.9. The van der Waals surface area contributed by atoms with E-state index in [-0.39, 0.29) is 11.7 Å². The molecule has 0 aliphatic heterocycles. The third-order valence-corrected chi connectivity index (χ3v) is 3.59. The Morgan fingerprint density at radius 3 is 2.06 bits per heavy atom. The number of halogens is 1. The van der Waals surface area contributed by atoms with E-state index in [9.17, 15) is 0 Å². The molecule has 0 radical (unpaired) electrons. The second-order valence-electron chi connectivity index (χ2n) is 6.13. The second kappa shape index (κ2) is 6.86. The van der Waals surface area contributed by atoms with Gasteiger partial charge in [0.25, 0.3) is 0 Å². The van der Waals surface area contributed by atoms with Crippen LogP contribution in [0.15, 0.2) is 0 Å². The van der Waals surface area contributed by atoms with Crippen LogP contribution in [0, 0.1) is 5.41 Å². The summed E-state index contributed by atoms with van der Waals surface area (Å²) in [7, 11) is 0. The van der Waals surface area contributed by atoms with E-state index < -0.39 is 0 Å². The highest BCUT2D eigenvalue weighted by atomic mass is 35.5. The van der Waals surface area contributed by atoms with Crippen LogP contribution in [0.25, 0.3) is 0 Å². The van der Waals surface area contributed by atoms with Crippen LogP contribution < -0.4 is 0 Å². The van der Waals surface area contributed by atoms with Gasteiger partial charge in [-0.25, -0.2) is 0 Å². The van der Waals surface area contributed by atoms with Crippen LogP contribution >= 0.6 is 11.6 Å². The van der Waals surface area contributed by atoms with E-state index in [1.54, 1.807) is 0 Å². The highest BCUT2D eigenvalue weighted by Crippen LogP contribution is 2.30. The fourth-order valence-electron chi connectivity index (χ4n) is 2.00. The van der Waals surface area contributed by atoms with Crippen molar-refractivity contribution in [3.05, 3.63) is 0 Å². The Hall–Kier alpha value is 0.250. The molecule has 16 heavy (non-hydrogen) atoms. The average molecular weight is 249 g/mol. The van der Waals surface area contributed by atoms with Crippen LogP contribution in [0.2, 0.25) is 0 Å². The van der Waals surface area contributed by atoms with E-state index in [2.05, 4.69) is 41.5 Å². The van der Waals surface area contributed by atoms with Gasteiger partial charge in [-0.15, -0.1) is 11.6 Å². The first-order valence-electron chi connectivity index (χ1n) is 6.50. The van der Waals surface area contributed by atoms with Crippen molar-refractivity contribution in [3.63, 3.8) is 0 Å². The summed E-state index contributed by atoms with van der Waals surface area (Å²) in [4.78, 5) is 0. The minimum absolute atomic E-state index is 0.0435. The third kappa shape index (κ3) is 6.75. The number of hydrogen-bond acceptors (Lipinski definition) is 1. The van der Waals surface area contributed by atoms with Gasteiger partial charge in [-0.2, -0.15) is 0 Å². The first-order chi connectivity index (χ1) is 7.26. The molecular formula is C14H29ClO. The zero-order valence-corrected chi connectivity index (χ0v) is 12.7. The Labute approximate surface area is 107 Å². The van der Waals surface area contributed by atoms with Crippen molar-refractivity contribution in [3.8, 4) is 0 Å². The molecule has 98 valence electrons. The van der Waals surface area contributed by atoms with E-state index in [0.29, 0.717) is 11.3 Å². The number of alkyl halides is 1. The summed E-state index contributed by atoms with van der Waals surface area (Å²) in [6.45, 7) is 13.3. The molecule has 0 spiro atoms. The normalized spacial score (nSPS) is 15.2. The van der Waals surface area contributed by atoms with Gasteiger partial charge >= 0.3 is 0 Å². The van der Waals surface area contributed by atoms with Crippen LogP contribution in [-0.2, 0) is 4.74 Å². The van der Waals surface area contributed by atoms with Crippen molar-refractivity contribution in [1.82, 2.24) is 0 Å². The van der Waals surface area contributed by atoms with Gasteiger partial charge in [0.05, 0.1) is 11.7 Å². The van der Waals surface area contributed by atoms with Gasteiger partial charge in [0.15, 0.2) is 0 Å². The monoisotopic (exact) mass is 248 g/mol. The molecule has 0 aromatic carbocycles. The summed E-state index contributed by atoms with van der Waals surface area (Å²) in [6.07, 6.45) is 4.63. The number of hydrogen-bond donors (Lipinski definition) is 0. The molecule has 0 saturated heterocycles. The van der Waals surface area contributed by atoms with Crippen molar-refractivity contribution < 1.29 is 4.74 Å². The summed E-state index contributed by atoms with van der Waals surface area (Å²) in [5.74, 6) is 0.594. The minimum Gasteiger partial charge on any atom is -0.371 e. The molecule has 0 aliphatic rings. The van der Waals surface area contributed by atoms with Crippen LogP contribution in [0.5, 0.6) is 0 Å². The standard InChI is InChI=1S/C14H29ClO/c1-7-9-14(5,6)16-12(11-15)10-13(3,4)8-2/h12H,7-11H2,1-6H3. The first-order valence-corrected chi connectivity index (χ1v) is 7.03. The molecule has 0 saturated carbocycles. The quantitative estimate of drug-likeness (QED) is 0.549. The molecule has 0 aromatic rings. The molecular weight excluding hydrogens is 220 g/mol. The van der Waals surface area contributed by atoms with E-state index >= 15 is 0 Å². The maximum absolute atomic E-state index is 6.13. The van der Waals surface area contributed by atoms with Crippen molar-refractivity contribution in [2.45, 2.75) is 78.9 Å². The second-order valence-corrected chi connectivity index (χ2v) is 6.43. The van der Waals surface area contributed by atoms with Gasteiger partial charge in [-0.3, -0.25) is 0 Å². The van der Waals surface area contributed by atoms with Crippen LogP contribution in [0.3, 0.4) is 0 Å². The van der Waals surface area contributed by atoms with Crippen molar-refractivity contribution in [2.24, 2.45) is 5.41 Å². The number of rotatable bonds is 8. The molecule has 0 fully saturated rings. The van der Waals surface area contributed by atoms with E-state index in [1.165, 1.54) is 0 Å². The molecule has 0 aliphatic carbocycles. The molecule has 0 rings (SSSR count). The lowest BCUT2D eigenvalue weighted by molar-refractivity contribution is -0.0808. The predicted octanol–water partition coefficient (Wildman–Crippen LogP) is 5.02. The summed E-state index contributed by atoms with van der Waals surface area (Å²) < 4.78 is 6.13. The van der Waals surface area contributed by atoms with Gasteiger partial charge in [0, 0.05) is 5.88 Å². The summed E-state index contributed by atoms with van der Waals surface area (Å²) in [5.41, 5.74) is 0.278. The van der Waals surface area contributed by atoms with Gasteiger partial charge in [0.2, 0.25) is 0 Å². The maximum atomic E-state index is 6.13. The van der Waals surface area contributed by atoms with Crippen LogP contribution in [0.4, 0.5) is 0 Å². The highest BCUT2D eigenvalue weighted by Gasteiger charge is 2.27. The lowest BCUT2D eigenvalue weighted by Crippen LogP contribution is -2.34. The van der Waals surface area contributed by atoms with Crippen molar-refractivity contribution in [2.75, 3.05) is 5.88 Å². The predicted molar refractivity (Wildman–Crippen MR) is 73.3 cm³/mol. The van der Waals surface area contributed by atoms with E-state index in [1.807, 2.05) is 0 Å².